The minimum absolute atomic E-state index is 0.0358. The highest BCUT2D eigenvalue weighted by Crippen LogP contribution is 2.39. The number of methoxy groups -OCH3 is 3. The average Bonchev–Trinajstić information content (AvgIpc) is 3.22. The summed E-state index contributed by atoms with van der Waals surface area (Å²) in [5.74, 6) is 2.03. The van der Waals surface area contributed by atoms with Crippen LogP contribution in [-0.4, -0.2) is 48.6 Å². The van der Waals surface area contributed by atoms with Crippen molar-refractivity contribution >= 4 is 5.91 Å². The fraction of sp³-hybridized carbons (Fsp3) is 0.476. The first-order valence-corrected chi connectivity index (χ1v) is 9.69. The molecule has 1 saturated heterocycles. The van der Waals surface area contributed by atoms with Crippen molar-refractivity contribution in [1.82, 2.24) is 14.9 Å². The van der Waals surface area contributed by atoms with Gasteiger partial charge in [0.25, 0.3) is 5.56 Å². The summed E-state index contributed by atoms with van der Waals surface area (Å²) in [6.45, 7) is 2.58. The van der Waals surface area contributed by atoms with E-state index in [-0.39, 0.29) is 23.9 Å². The zero-order chi connectivity index (χ0) is 21.0. The van der Waals surface area contributed by atoms with Gasteiger partial charge in [0.2, 0.25) is 11.7 Å². The van der Waals surface area contributed by atoms with E-state index in [1.165, 1.54) is 13.2 Å². The van der Waals surface area contributed by atoms with Gasteiger partial charge in [0, 0.05) is 18.3 Å². The molecule has 1 aliphatic rings. The van der Waals surface area contributed by atoms with Crippen LogP contribution in [0.5, 0.6) is 17.2 Å². The van der Waals surface area contributed by atoms with Crippen LogP contribution in [0.25, 0.3) is 0 Å². The first kappa shape index (κ1) is 20.7. The van der Waals surface area contributed by atoms with Gasteiger partial charge in [-0.05, 0) is 37.0 Å². The number of hydrogen-bond acceptors (Lipinski definition) is 6. The monoisotopic (exact) mass is 401 g/mol. The van der Waals surface area contributed by atoms with Crippen LogP contribution in [0.1, 0.15) is 42.9 Å². The molecule has 1 fully saturated rings. The number of likely N-dealkylation sites (tertiary alicyclic amines) is 1. The number of benzene rings is 1. The van der Waals surface area contributed by atoms with Gasteiger partial charge in [-0.3, -0.25) is 9.59 Å². The predicted octanol–water partition coefficient (Wildman–Crippen LogP) is 2.26. The van der Waals surface area contributed by atoms with Crippen LogP contribution in [0.3, 0.4) is 0 Å². The summed E-state index contributed by atoms with van der Waals surface area (Å²) < 4.78 is 16.1. The van der Waals surface area contributed by atoms with Crippen LogP contribution < -0.4 is 19.8 Å². The average molecular weight is 401 g/mol. The highest BCUT2D eigenvalue weighted by molar-refractivity contribution is 5.80. The minimum Gasteiger partial charge on any atom is -0.493 e. The Balaban J connectivity index is 1.85. The Kier molecular flexibility index (Phi) is 6.41. The summed E-state index contributed by atoms with van der Waals surface area (Å²) in [5, 5.41) is 0. The Morgan fingerprint density at radius 1 is 1.17 bits per heavy atom. The Bertz CT molecular complexity index is 915. The first-order chi connectivity index (χ1) is 14.0. The van der Waals surface area contributed by atoms with Gasteiger partial charge >= 0.3 is 0 Å². The van der Waals surface area contributed by atoms with Gasteiger partial charge in [0.15, 0.2) is 11.5 Å². The second-order valence-corrected chi connectivity index (χ2v) is 6.93. The zero-order valence-electron chi connectivity index (χ0n) is 17.3. The molecule has 0 bridgehead atoms. The van der Waals surface area contributed by atoms with Crippen molar-refractivity contribution in [2.75, 3.05) is 27.9 Å². The predicted molar refractivity (Wildman–Crippen MR) is 108 cm³/mol. The summed E-state index contributed by atoms with van der Waals surface area (Å²) in [5.41, 5.74) is 1.31. The molecule has 0 unspecified atom stereocenters. The van der Waals surface area contributed by atoms with E-state index in [4.69, 9.17) is 14.2 Å². The lowest BCUT2D eigenvalue weighted by molar-refractivity contribution is -0.131. The van der Waals surface area contributed by atoms with E-state index in [1.807, 2.05) is 6.92 Å². The lowest BCUT2D eigenvalue weighted by atomic mass is 10.1. The maximum Gasteiger partial charge on any atom is 0.251 e. The maximum absolute atomic E-state index is 13.1. The number of aromatic nitrogens is 2. The Morgan fingerprint density at radius 2 is 1.86 bits per heavy atom. The Labute approximate surface area is 169 Å². The molecule has 1 amide bonds. The highest BCUT2D eigenvalue weighted by Gasteiger charge is 2.32. The van der Waals surface area contributed by atoms with Gasteiger partial charge in [-0.15, -0.1) is 0 Å². The first-order valence-electron chi connectivity index (χ1n) is 9.69. The number of nitrogens with zero attached hydrogens (tertiary/aromatic N) is 2. The van der Waals surface area contributed by atoms with Crippen molar-refractivity contribution in [3.8, 4) is 17.2 Å². The number of aromatic amines is 1. The van der Waals surface area contributed by atoms with Crippen LogP contribution in [0.4, 0.5) is 0 Å². The fourth-order valence-corrected chi connectivity index (χ4v) is 3.73. The van der Waals surface area contributed by atoms with Gasteiger partial charge in [0.05, 0.1) is 33.8 Å². The molecule has 0 saturated carbocycles. The molecule has 0 radical (unpaired) electrons. The summed E-state index contributed by atoms with van der Waals surface area (Å²) >= 11 is 0. The molecular weight excluding hydrogens is 374 g/mol. The molecule has 1 atom stereocenters. The number of rotatable bonds is 7. The number of aryl methyl sites for hydroxylation is 1. The zero-order valence-corrected chi connectivity index (χ0v) is 17.3. The molecule has 29 heavy (non-hydrogen) atoms. The normalized spacial score (nSPS) is 16.0. The van der Waals surface area contributed by atoms with Crippen molar-refractivity contribution in [3.63, 3.8) is 0 Å². The fourth-order valence-electron chi connectivity index (χ4n) is 3.73. The third-order valence-corrected chi connectivity index (χ3v) is 5.14. The molecule has 2 aromatic rings. The second-order valence-electron chi connectivity index (χ2n) is 6.93. The van der Waals surface area contributed by atoms with Crippen LogP contribution >= 0.6 is 0 Å². The largest absolute Gasteiger partial charge is 0.493 e. The van der Waals surface area contributed by atoms with Crippen molar-refractivity contribution in [3.05, 3.63) is 45.6 Å². The lowest BCUT2D eigenvalue weighted by Crippen LogP contribution is -2.33. The number of carbonyl (C=O) groups excluding carboxylic acids is 1. The van der Waals surface area contributed by atoms with E-state index < -0.39 is 0 Å². The van der Waals surface area contributed by atoms with Crippen LogP contribution in [-0.2, 0) is 17.6 Å². The molecule has 8 heteroatoms. The Morgan fingerprint density at radius 3 is 2.45 bits per heavy atom. The molecule has 0 spiro atoms. The van der Waals surface area contributed by atoms with Gasteiger partial charge < -0.3 is 24.1 Å². The van der Waals surface area contributed by atoms with E-state index in [1.54, 1.807) is 31.3 Å². The van der Waals surface area contributed by atoms with Gasteiger partial charge in [-0.25, -0.2) is 4.98 Å². The third-order valence-electron chi connectivity index (χ3n) is 5.14. The summed E-state index contributed by atoms with van der Waals surface area (Å²) in [4.78, 5) is 34.2. The number of nitrogens with one attached hydrogen (secondary N) is 1. The number of H-pyrrole nitrogens is 1. The van der Waals surface area contributed by atoms with Crippen LogP contribution in [0, 0.1) is 0 Å². The number of hydrogen-bond donors (Lipinski definition) is 1. The van der Waals surface area contributed by atoms with Crippen LogP contribution in [0.15, 0.2) is 23.0 Å². The molecule has 1 aromatic carbocycles. The molecule has 3 rings (SSSR count). The van der Waals surface area contributed by atoms with E-state index in [0.717, 1.165) is 24.1 Å². The van der Waals surface area contributed by atoms with E-state index in [9.17, 15) is 9.59 Å². The number of carbonyl (C=O) groups is 1. The van der Waals surface area contributed by atoms with Gasteiger partial charge in [-0.1, -0.05) is 6.92 Å². The van der Waals surface area contributed by atoms with Crippen molar-refractivity contribution in [2.45, 2.75) is 38.6 Å². The lowest BCUT2D eigenvalue weighted by Gasteiger charge is -2.24. The SMILES string of the molecule is CCc1cc(=O)[nH]c([C@H]2CCCN2C(=O)Cc2cc(OC)c(OC)c(OC)c2)n1. The molecule has 1 aliphatic heterocycles. The standard InChI is InChI=1S/C21H27N3O5/c1-5-14-12-18(25)23-21(22-14)15-7-6-8-24(15)19(26)11-13-9-16(27-2)20(29-4)17(10-13)28-3/h9-10,12,15H,5-8,11H2,1-4H3,(H,22,23,25)/t15-/m1/s1. The third kappa shape index (κ3) is 4.36. The molecule has 1 aromatic heterocycles. The number of ether oxygens (including phenoxy) is 3. The van der Waals surface area contributed by atoms with Crippen LogP contribution in [0.2, 0.25) is 0 Å². The molecular formula is C21H27N3O5. The molecule has 0 aliphatic carbocycles. The van der Waals surface area contributed by atoms with Crippen molar-refractivity contribution in [2.24, 2.45) is 0 Å². The van der Waals surface area contributed by atoms with Crippen molar-refractivity contribution < 1.29 is 19.0 Å². The quantitative estimate of drug-likeness (QED) is 0.765. The topological polar surface area (TPSA) is 93.8 Å². The van der Waals surface area contributed by atoms with Crippen molar-refractivity contribution in [1.29, 1.82) is 0 Å². The van der Waals surface area contributed by atoms with E-state index in [2.05, 4.69) is 9.97 Å². The molecule has 8 nitrogen and oxygen atoms in total. The minimum atomic E-state index is -0.219. The van der Waals surface area contributed by atoms with Gasteiger partial charge in [0.1, 0.15) is 5.82 Å². The summed E-state index contributed by atoms with van der Waals surface area (Å²) in [6.07, 6.45) is 2.50. The summed E-state index contributed by atoms with van der Waals surface area (Å²) in [7, 11) is 4.63. The number of amides is 1. The smallest absolute Gasteiger partial charge is 0.251 e. The second kappa shape index (κ2) is 8.98. The highest BCUT2D eigenvalue weighted by atomic mass is 16.5. The van der Waals surface area contributed by atoms with E-state index >= 15 is 0 Å². The maximum atomic E-state index is 13.1. The molecule has 1 N–H and O–H groups in total. The Hall–Kier alpha value is -3.03. The van der Waals surface area contributed by atoms with E-state index in [0.29, 0.717) is 36.0 Å². The molecule has 156 valence electrons. The van der Waals surface area contributed by atoms with Gasteiger partial charge in [-0.2, -0.15) is 0 Å². The molecule has 2 heterocycles. The summed E-state index contributed by atoms with van der Waals surface area (Å²) in [6, 6.07) is 4.84.